The molecular formula is C10H11O3. The zero-order chi connectivity index (χ0) is 9.68. The van der Waals surface area contributed by atoms with E-state index in [9.17, 15) is 4.79 Å². The molecule has 1 aromatic rings. The molecule has 0 saturated heterocycles. The molecule has 1 aromatic carbocycles. The quantitative estimate of drug-likeness (QED) is 0.526. The molecule has 0 bridgehead atoms. The summed E-state index contributed by atoms with van der Waals surface area (Å²) in [6.45, 7) is 2.05. The summed E-state index contributed by atoms with van der Waals surface area (Å²) in [7, 11) is 2.94. The van der Waals surface area contributed by atoms with Gasteiger partial charge in [0.1, 0.15) is 7.11 Å². The van der Waals surface area contributed by atoms with Crippen molar-refractivity contribution in [2.45, 2.75) is 13.3 Å². The van der Waals surface area contributed by atoms with Crippen LogP contribution in [0.25, 0.3) is 0 Å². The summed E-state index contributed by atoms with van der Waals surface area (Å²) in [5, 5.41) is 0. The van der Waals surface area contributed by atoms with Crippen LogP contribution in [0, 0.1) is 7.11 Å². The monoisotopic (exact) mass is 179 g/mol. The number of carbonyl (C=O) groups excluding carboxylic acids is 1. The van der Waals surface area contributed by atoms with Crippen LogP contribution in [0.3, 0.4) is 0 Å². The molecule has 69 valence electrons. The molecule has 0 N–H and O–H groups in total. The van der Waals surface area contributed by atoms with Crippen molar-refractivity contribution in [1.29, 1.82) is 0 Å². The van der Waals surface area contributed by atoms with Crippen LogP contribution in [0.2, 0.25) is 0 Å². The van der Waals surface area contributed by atoms with Crippen LogP contribution < -0.4 is 0 Å². The van der Waals surface area contributed by atoms with Crippen LogP contribution in [0.4, 0.5) is 0 Å². The maximum atomic E-state index is 11.1. The number of benzene rings is 1. The Bertz CT molecular complexity index is 277. The number of carbonyl (C=O) groups is 1. The third-order valence-electron chi connectivity index (χ3n) is 1.73. The van der Waals surface area contributed by atoms with Gasteiger partial charge in [0, 0.05) is 0 Å². The summed E-state index contributed by atoms with van der Waals surface area (Å²) in [5.41, 5.74) is 1.63. The van der Waals surface area contributed by atoms with Gasteiger partial charge in [0.15, 0.2) is 0 Å². The van der Waals surface area contributed by atoms with Gasteiger partial charge in [-0.2, -0.15) is 4.89 Å². The van der Waals surface area contributed by atoms with Crippen molar-refractivity contribution >= 4 is 5.97 Å². The van der Waals surface area contributed by atoms with Crippen molar-refractivity contribution in [2.24, 2.45) is 0 Å². The Hall–Kier alpha value is -1.35. The van der Waals surface area contributed by atoms with Crippen LogP contribution in [0.15, 0.2) is 24.3 Å². The van der Waals surface area contributed by atoms with E-state index < -0.39 is 5.97 Å². The van der Waals surface area contributed by atoms with E-state index >= 15 is 0 Å². The van der Waals surface area contributed by atoms with Crippen molar-refractivity contribution in [3.63, 3.8) is 0 Å². The van der Waals surface area contributed by atoms with Gasteiger partial charge in [0.25, 0.3) is 0 Å². The molecule has 13 heavy (non-hydrogen) atoms. The van der Waals surface area contributed by atoms with E-state index in [2.05, 4.69) is 16.9 Å². The first-order chi connectivity index (χ1) is 6.27. The lowest BCUT2D eigenvalue weighted by atomic mass is 10.1. The Morgan fingerprint density at radius 1 is 1.38 bits per heavy atom. The summed E-state index contributed by atoms with van der Waals surface area (Å²) in [5.74, 6) is -0.530. The molecular weight excluding hydrogens is 168 g/mol. The molecule has 3 heteroatoms. The van der Waals surface area contributed by atoms with E-state index in [0.29, 0.717) is 5.56 Å². The average Bonchev–Trinajstić information content (AvgIpc) is 2.18. The highest BCUT2D eigenvalue weighted by molar-refractivity contribution is 5.88. The smallest absolute Gasteiger partial charge is 0.293 e. The second-order valence-electron chi connectivity index (χ2n) is 2.54. The van der Waals surface area contributed by atoms with E-state index in [1.165, 1.54) is 5.56 Å². The van der Waals surface area contributed by atoms with Crippen molar-refractivity contribution < 1.29 is 14.6 Å². The van der Waals surface area contributed by atoms with E-state index in [0.717, 1.165) is 6.42 Å². The molecule has 0 unspecified atom stereocenters. The van der Waals surface area contributed by atoms with Crippen molar-refractivity contribution in [1.82, 2.24) is 0 Å². The standard InChI is InChI=1S/C10H11O3/c1-3-8-4-6-9(7-5-8)10(11)13-12-2/h4-7H,2-3H2,1H3. The van der Waals surface area contributed by atoms with E-state index in [4.69, 9.17) is 0 Å². The second-order valence-corrected chi connectivity index (χ2v) is 2.54. The first-order valence-corrected chi connectivity index (χ1v) is 4.00. The number of rotatable bonds is 3. The summed E-state index contributed by atoms with van der Waals surface area (Å²) >= 11 is 0. The third-order valence-corrected chi connectivity index (χ3v) is 1.73. The molecule has 0 heterocycles. The topological polar surface area (TPSA) is 35.5 Å². The SMILES string of the molecule is [CH2]OOC(=O)c1ccc(CC)cc1. The molecule has 0 amide bonds. The predicted octanol–water partition coefficient (Wildman–Crippen LogP) is 2.13. The Morgan fingerprint density at radius 2 is 2.00 bits per heavy atom. The maximum absolute atomic E-state index is 11.1. The number of hydrogen-bond acceptors (Lipinski definition) is 3. The fourth-order valence-corrected chi connectivity index (χ4v) is 0.978. The van der Waals surface area contributed by atoms with E-state index in [-0.39, 0.29) is 0 Å². The molecule has 3 nitrogen and oxygen atoms in total. The van der Waals surface area contributed by atoms with Gasteiger partial charge in [-0.1, -0.05) is 19.1 Å². The van der Waals surface area contributed by atoms with Gasteiger partial charge in [0.2, 0.25) is 0 Å². The molecule has 0 aliphatic rings. The highest BCUT2D eigenvalue weighted by Crippen LogP contribution is 2.06. The van der Waals surface area contributed by atoms with Gasteiger partial charge in [-0.05, 0) is 24.1 Å². The van der Waals surface area contributed by atoms with Gasteiger partial charge in [-0.15, -0.1) is 0 Å². The summed E-state index contributed by atoms with van der Waals surface area (Å²) in [6.07, 6.45) is 0.946. The van der Waals surface area contributed by atoms with E-state index in [1.807, 2.05) is 19.1 Å². The first-order valence-electron chi connectivity index (χ1n) is 4.00. The lowest BCUT2D eigenvalue weighted by Gasteiger charge is -2.00. The van der Waals surface area contributed by atoms with Gasteiger partial charge >= 0.3 is 5.97 Å². The average molecular weight is 179 g/mol. The van der Waals surface area contributed by atoms with Crippen molar-refractivity contribution in [2.75, 3.05) is 0 Å². The minimum absolute atomic E-state index is 0.459. The van der Waals surface area contributed by atoms with Crippen LogP contribution in [-0.2, 0) is 16.2 Å². The Balaban J connectivity index is 2.74. The van der Waals surface area contributed by atoms with Crippen molar-refractivity contribution in [3.05, 3.63) is 42.5 Å². The van der Waals surface area contributed by atoms with Gasteiger partial charge in [-0.3, -0.25) is 4.89 Å². The lowest BCUT2D eigenvalue weighted by Crippen LogP contribution is -2.02. The van der Waals surface area contributed by atoms with Gasteiger partial charge < -0.3 is 0 Å². The Kier molecular flexibility index (Phi) is 3.46. The number of hydrogen-bond donors (Lipinski definition) is 0. The lowest BCUT2D eigenvalue weighted by molar-refractivity contribution is -0.195. The Labute approximate surface area is 77.2 Å². The van der Waals surface area contributed by atoms with Crippen LogP contribution in [0.1, 0.15) is 22.8 Å². The summed E-state index contributed by atoms with van der Waals surface area (Å²) in [4.78, 5) is 19.3. The summed E-state index contributed by atoms with van der Waals surface area (Å²) < 4.78 is 0. The highest BCUT2D eigenvalue weighted by atomic mass is 17.2. The fourth-order valence-electron chi connectivity index (χ4n) is 0.978. The molecule has 0 aliphatic carbocycles. The zero-order valence-corrected chi connectivity index (χ0v) is 7.45. The normalized spacial score (nSPS) is 9.69. The maximum Gasteiger partial charge on any atom is 0.373 e. The molecule has 0 saturated carbocycles. The van der Waals surface area contributed by atoms with Gasteiger partial charge in [0.05, 0.1) is 5.56 Å². The minimum atomic E-state index is -0.530. The zero-order valence-electron chi connectivity index (χ0n) is 7.45. The molecule has 0 aliphatic heterocycles. The molecule has 0 spiro atoms. The molecule has 0 aromatic heterocycles. The Morgan fingerprint density at radius 3 is 2.46 bits per heavy atom. The van der Waals surface area contributed by atoms with Crippen molar-refractivity contribution in [3.8, 4) is 0 Å². The molecule has 0 atom stereocenters. The fraction of sp³-hybridized carbons (Fsp3) is 0.200. The number of aryl methyl sites for hydroxylation is 1. The molecule has 1 radical (unpaired) electrons. The second kappa shape index (κ2) is 4.62. The highest BCUT2D eigenvalue weighted by Gasteiger charge is 2.06. The first kappa shape index (κ1) is 9.74. The minimum Gasteiger partial charge on any atom is -0.293 e. The van der Waals surface area contributed by atoms with Crippen LogP contribution in [0.5, 0.6) is 0 Å². The van der Waals surface area contributed by atoms with Crippen LogP contribution in [-0.4, -0.2) is 5.97 Å². The summed E-state index contributed by atoms with van der Waals surface area (Å²) in [6, 6.07) is 7.14. The third kappa shape index (κ3) is 2.56. The molecule has 1 rings (SSSR count). The van der Waals surface area contributed by atoms with Gasteiger partial charge in [-0.25, -0.2) is 4.79 Å². The predicted molar refractivity (Wildman–Crippen MR) is 47.7 cm³/mol. The molecule has 0 fully saturated rings. The van der Waals surface area contributed by atoms with E-state index in [1.54, 1.807) is 12.1 Å². The van der Waals surface area contributed by atoms with Crippen LogP contribution >= 0.6 is 0 Å². The largest absolute Gasteiger partial charge is 0.373 e.